The van der Waals surface area contributed by atoms with Gasteiger partial charge < -0.3 is 10.8 Å². The van der Waals surface area contributed by atoms with Crippen LogP contribution in [0.2, 0.25) is 0 Å². The molecule has 0 aromatic carbocycles. The second-order valence-electron chi connectivity index (χ2n) is 3.02. The number of rotatable bonds is 5. The van der Waals surface area contributed by atoms with Crippen molar-refractivity contribution in [3.63, 3.8) is 0 Å². The van der Waals surface area contributed by atoms with E-state index in [0.29, 0.717) is 6.42 Å². The van der Waals surface area contributed by atoms with Crippen LogP contribution in [0.5, 0.6) is 0 Å². The zero-order chi connectivity index (χ0) is 8.85. The van der Waals surface area contributed by atoms with Gasteiger partial charge in [-0.15, -0.1) is 0 Å². The molecule has 3 N–H and O–H groups in total. The normalized spacial score (nSPS) is 15.9. The molecule has 0 saturated heterocycles. The van der Waals surface area contributed by atoms with Gasteiger partial charge in [0.2, 0.25) is 0 Å². The molecular weight excluding hydrogens is 142 g/mol. The highest BCUT2D eigenvalue weighted by molar-refractivity contribution is 5.69. The maximum Gasteiger partial charge on any atom is 0.306 e. The second kappa shape index (κ2) is 5.13. The first-order chi connectivity index (χ1) is 5.07. The van der Waals surface area contributed by atoms with Crippen LogP contribution < -0.4 is 5.73 Å². The number of nitrogens with two attached hydrogens (primary N) is 1. The molecule has 0 heterocycles. The second-order valence-corrected chi connectivity index (χ2v) is 3.02. The Balaban J connectivity index is 3.56. The third-order valence-corrected chi connectivity index (χ3v) is 1.74. The van der Waals surface area contributed by atoms with E-state index < -0.39 is 5.97 Å². The Kier molecular flexibility index (Phi) is 4.86. The molecule has 0 bridgehead atoms. The van der Waals surface area contributed by atoms with Crippen molar-refractivity contribution in [2.75, 3.05) is 0 Å². The smallest absolute Gasteiger partial charge is 0.306 e. The minimum Gasteiger partial charge on any atom is -0.481 e. The first kappa shape index (κ1) is 10.4. The Bertz CT molecular complexity index is 125. The molecule has 2 atom stereocenters. The number of carbonyl (C=O) groups is 1. The van der Waals surface area contributed by atoms with Gasteiger partial charge in [-0.25, -0.2) is 0 Å². The summed E-state index contributed by atoms with van der Waals surface area (Å²) in [6.45, 7) is 3.74. The summed E-state index contributed by atoms with van der Waals surface area (Å²) >= 11 is 0. The number of aliphatic carboxylic acids is 1. The number of carboxylic acid groups (broad SMARTS) is 1. The van der Waals surface area contributed by atoms with Gasteiger partial charge in [0, 0.05) is 6.04 Å². The van der Waals surface area contributed by atoms with Gasteiger partial charge in [0.25, 0.3) is 0 Å². The summed E-state index contributed by atoms with van der Waals surface area (Å²) in [5.41, 5.74) is 5.66. The van der Waals surface area contributed by atoms with E-state index in [1.807, 2.05) is 6.92 Å². The fourth-order valence-corrected chi connectivity index (χ4v) is 1.04. The molecule has 0 aromatic rings. The zero-order valence-electron chi connectivity index (χ0n) is 7.21. The van der Waals surface area contributed by atoms with Crippen molar-refractivity contribution in [3.05, 3.63) is 0 Å². The van der Waals surface area contributed by atoms with Crippen LogP contribution in [0.1, 0.15) is 33.1 Å². The van der Waals surface area contributed by atoms with Crippen LogP contribution >= 0.6 is 0 Å². The Morgan fingerprint density at radius 3 is 2.55 bits per heavy atom. The standard InChI is InChI=1S/C8H17NO2/c1-3-4-7(9)5-6(2)8(10)11/h6-7H,3-5,9H2,1-2H3,(H,10,11). The van der Waals surface area contributed by atoms with E-state index in [4.69, 9.17) is 10.8 Å². The number of carboxylic acids is 1. The monoisotopic (exact) mass is 159 g/mol. The minimum atomic E-state index is -0.753. The molecule has 0 rings (SSSR count). The molecule has 3 nitrogen and oxygen atoms in total. The first-order valence-electron chi connectivity index (χ1n) is 4.06. The maximum absolute atomic E-state index is 10.4. The van der Waals surface area contributed by atoms with Crippen LogP contribution in [0.3, 0.4) is 0 Å². The number of hydrogen-bond acceptors (Lipinski definition) is 2. The quantitative estimate of drug-likeness (QED) is 0.634. The summed E-state index contributed by atoms with van der Waals surface area (Å²) in [6, 6.07) is 0.0473. The summed E-state index contributed by atoms with van der Waals surface area (Å²) in [5.74, 6) is -1.06. The van der Waals surface area contributed by atoms with Crippen LogP contribution in [0.4, 0.5) is 0 Å². The summed E-state index contributed by atoms with van der Waals surface area (Å²) < 4.78 is 0. The Morgan fingerprint density at radius 2 is 2.18 bits per heavy atom. The van der Waals surface area contributed by atoms with Gasteiger partial charge in [-0.1, -0.05) is 20.3 Å². The third-order valence-electron chi connectivity index (χ3n) is 1.74. The summed E-state index contributed by atoms with van der Waals surface area (Å²) in [4.78, 5) is 10.4. The lowest BCUT2D eigenvalue weighted by molar-refractivity contribution is -0.141. The van der Waals surface area contributed by atoms with Crippen molar-refractivity contribution >= 4 is 5.97 Å². The third kappa shape index (κ3) is 4.79. The highest BCUT2D eigenvalue weighted by atomic mass is 16.4. The fourth-order valence-electron chi connectivity index (χ4n) is 1.04. The van der Waals surface area contributed by atoms with Crippen LogP contribution in [0.15, 0.2) is 0 Å². The van der Waals surface area contributed by atoms with Gasteiger partial charge in [0.1, 0.15) is 0 Å². The Labute approximate surface area is 67.6 Å². The molecule has 0 aliphatic rings. The molecule has 11 heavy (non-hydrogen) atoms. The van der Waals surface area contributed by atoms with E-state index in [2.05, 4.69) is 0 Å². The highest BCUT2D eigenvalue weighted by Gasteiger charge is 2.14. The van der Waals surface area contributed by atoms with Gasteiger partial charge in [0.15, 0.2) is 0 Å². The van der Waals surface area contributed by atoms with Crippen molar-refractivity contribution in [3.8, 4) is 0 Å². The van der Waals surface area contributed by atoms with Gasteiger partial charge in [-0.2, -0.15) is 0 Å². The lowest BCUT2D eigenvalue weighted by Gasteiger charge is -2.12. The molecule has 66 valence electrons. The molecule has 0 aromatic heterocycles. The fraction of sp³-hybridized carbons (Fsp3) is 0.875. The highest BCUT2D eigenvalue weighted by Crippen LogP contribution is 2.08. The SMILES string of the molecule is CCCC(N)CC(C)C(=O)O. The average Bonchev–Trinajstić information content (AvgIpc) is 1.87. The predicted molar refractivity (Wildman–Crippen MR) is 44.3 cm³/mol. The van der Waals surface area contributed by atoms with E-state index in [0.717, 1.165) is 12.8 Å². The molecule has 0 amide bonds. The van der Waals surface area contributed by atoms with Gasteiger partial charge in [-0.05, 0) is 12.8 Å². The van der Waals surface area contributed by atoms with Crippen molar-refractivity contribution < 1.29 is 9.90 Å². The molecule has 3 heteroatoms. The van der Waals surface area contributed by atoms with Crippen molar-refractivity contribution in [1.82, 2.24) is 0 Å². The van der Waals surface area contributed by atoms with Crippen LogP contribution in [0.25, 0.3) is 0 Å². The molecule has 0 aliphatic heterocycles. The lowest BCUT2D eigenvalue weighted by atomic mass is 10.00. The molecule has 0 aliphatic carbocycles. The largest absolute Gasteiger partial charge is 0.481 e. The molecular formula is C8H17NO2. The van der Waals surface area contributed by atoms with Crippen LogP contribution in [-0.2, 0) is 4.79 Å². The first-order valence-corrected chi connectivity index (χ1v) is 4.06. The molecule has 2 unspecified atom stereocenters. The van der Waals surface area contributed by atoms with Gasteiger partial charge in [-0.3, -0.25) is 4.79 Å². The van der Waals surface area contributed by atoms with E-state index in [9.17, 15) is 4.79 Å². The van der Waals surface area contributed by atoms with E-state index in [-0.39, 0.29) is 12.0 Å². The summed E-state index contributed by atoms with van der Waals surface area (Å²) in [6.07, 6.45) is 2.52. The summed E-state index contributed by atoms with van der Waals surface area (Å²) in [7, 11) is 0. The average molecular weight is 159 g/mol. The van der Waals surface area contributed by atoms with Crippen molar-refractivity contribution in [1.29, 1.82) is 0 Å². The lowest BCUT2D eigenvalue weighted by Crippen LogP contribution is -2.25. The maximum atomic E-state index is 10.4. The van der Waals surface area contributed by atoms with Gasteiger partial charge in [0.05, 0.1) is 5.92 Å². The van der Waals surface area contributed by atoms with E-state index in [1.165, 1.54) is 0 Å². The molecule has 0 fully saturated rings. The van der Waals surface area contributed by atoms with E-state index in [1.54, 1.807) is 6.92 Å². The molecule has 0 spiro atoms. The van der Waals surface area contributed by atoms with Gasteiger partial charge >= 0.3 is 5.97 Å². The number of hydrogen-bond donors (Lipinski definition) is 2. The molecule has 0 saturated carbocycles. The topological polar surface area (TPSA) is 63.3 Å². The zero-order valence-corrected chi connectivity index (χ0v) is 7.21. The molecule has 0 radical (unpaired) electrons. The van der Waals surface area contributed by atoms with Crippen LogP contribution in [-0.4, -0.2) is 17.1 Å². The predicted octanol–water partition coefficient (Wildman–Crippen LogP) is 1.22. The van der Waals surface area contributed by atoms with Crippen LogP contribution in [0, 0.1) is 5.92 Å². The summed E-state index contributed by atoms with van der Waals surface area (Å²) in [5, 5.41) is 8.54. The minimum absolute atomic E-state index is 0.0473. The van der Waals surface area contributed by atoms with Crippen molar-refractivity contribution in [2.24, 2.45) is 11.7 Å². The Hall–Kier alpha value is -0.570. The Morgan fingerprint density at radius 1 is 1.64 bits per heavy atom. The van der Waals surface area contributed by atoms with E-state index >= 15 is 0 Å². The van der Waals surface area contributed by atoms with Crippen molar-refractivity contribution in [2.45, 2.75) is 39.2 Å².